The lowest BCUT2D eigenvalue weighted by molar-refractivity contribution is 0.274. The Bertz CT molecular complexity index is 765. The molecule has 1 aromatic carbocycles. The van der Waals surface area contributed by atoms with Crippen molar-refractivity contribution in [3.05, 3.63) is 41.6 Å². The standard InChI is InChI=1S/C15H15N3O2/c1-9-3-4-11-12(7-9)18-15(17-11)14-10(8-19)13(20-2)5-6-16-14/h3-7,19H,8H2,1-2H3,(H,17,18). The molecule has 0 aliphatic carbocycles. The molecule has 0 radical (unpaired) electrons. The number of H-pyrrole nitrogens is 1. The summed E-state index contributed by atoms with van der Waals surface area (Å²) in [5.74, 6) is 1.24. The van der Waals surface area contributed by atoms with Gasteiger partial charge in [-0.3, -0.25) is 4.98 Å². The van der Waals surface area contributed by atoms with Crippen molar-refractivity contribution in [2.75, 3.05) is 7.11 Å². The Morgan fingerprint density at radius 3 is 2.90 bits per heavy atom. The lowest BCUT2D eigenvalue weighted by Crippen LogP contribution is -1.98. The molecule has 0 amide bonds. The number of nitrogens with zero attached hydrogens (tertiary/aromatic N) is 2. The minimum absolute atomic E-state index is 0.150. The van der Waals surface area contributed by atoms with Crippen molar-refractivity contribution in [3.8, 4) is 17.3 Å². The van der Waals surface area contributed by atoms with Crippen LogP contribution in [0.15, 0.2) is 30.5 Å². The Morgan fingerprint density at radius 1 is 1.30 bits per heavy atom. The zero-order chi connectivity index (χ0) is 14.1. The number of benzene rings is 1. The van der Waals surface area contributed by atoms with Crippen molar-refractivity contribution < 1.29 is 9.84 Å². The van der Waals surface area contributed by atoms with Crippen LogP contribution in [0.25, 0.3) is 22.6 Å². The van der Waals surface area contributed by atoms with Gasteiger partial charge in [-0.2, -0.15) is 0 Å². The second-order valence-corrected chi connectivity index (χ2v) is 4.60. The molecule has 0 aliphatic heterocycles. The molecule has 0 unspecified atom stereocenters. The molecule has 0 spiro atoms. The summed E-state index contributed by atoms with van der Waals surface area (Å²) in [6, 6.07) is 7.73. The average Bonchev–Trinajstić information content (AvgIpc) is 2.88. The molecule has 0 bridgehead atoms. The Balaban J connectivity index is 2.20. The van der Waals surface area contributed by atoms with E-state index in [1.807, 2.05) is 25.1 Å². The van der Waals surface area contributed by atoms with Crippen LogP contribution in [-0.4, -0.2) is 27.2 Å². The van der Waals surface area contributed by atoms with Gasteiger partial charge in [0.1, 0.15) is 11.4 Å². The van der Waals surface area contributed by atoms with Crippen molar-refractivity contribution in [1.82, 2.24) is 15.0 Å². The number of imidazole rings is 1. The van der Waals surface area contributed by atoms with Crippen LogP contribution in [0.4, 0.5) is 0 Å². The number of aliphatic hydroxyl groups is 1. The van der Waals surface area contributed by atoms with E-state index in [-0.39, 0.29) is 6.61 Å². The molecule has 5 nitrogen and oxygen atoms in total. The van der Waals surface area contributed by atoms with E-state index < -0.39 is 0 Å². The molecule has 0 atom stereocenters. The fourth-order valence-electron chi connectivity index (χ4n) is 2.26. The Morgan fingerprint density at radius 2 is 2.15 bits per heavy atom. The molecule has 3 rings (SSSR count). The van der Waals surface area contributed by atoms with Crippen LogP contribution in [0.5, 0.6) is 5.75 Å². The molecule has 0 saturated carbocycles. The van der Waals surface area contributed by atoms with Gasteiger partial charge in [-0.25, -0.2) is 4.98 Å². The molecule has 3 aromatic rings. The smallest absolute Gasteiger partial charge is 0.157 e. The van der Waals surface area contributed by atoms with Crippen LogP contribution in [0, 0.1) is 6.92 Å². The number of ether oxygens (including phenoxy) is 1. The first-order valence-corrected chi connectivity index (χ1v) is 6.32. The van der Waals surface area contributed by atoms with E-state index in [0.717, 1.165) is 16.6 Å². The molecular formula is C15H15N3O2. The van der Waals surface area contributed by atoms with Gasteiger partial charge in [0, 0.05) is 11.8 Å². The van der Waals surface area contributed by atoms with Gasteiger partial charge in [0.15, 0.2) is 5.82 Å². The summed E-state index contributed by atoms with van der Waals surface area (Å²) in [7, 11) is 1.57. The summed E-state index contributed by atoms with van der Waals surface area (Å²) in [5.41, 5.74) is 4.23. The molecule has 0 fully saturated rings. The number of hydrogen-bond acceptors (Lipinski definition) is 4. The van der Waals surface area contributed by atoms with Crippen LogP contribution in [0.3, 0.4) is 0 Å². The topological polar surface area (TPSA) is 71.0 Å². The molecule has 0 aliphatic rings. The SMILES string of the molecule is COc1ccnc(-c2nc3ccc(C)cc3[nH]2)c1CO. The van der Waals surface area contributed by atoms with Crippen LogP contribution in [-0.2, 0) is 6.61 Å². The van der Waals surface area contributed by atoms with E-state index in [1.165, 1.54) is 0 Å². The lowest BCUT2D eigenvalue weighted by atomic mass is 10.2. The van der Waals surface area contributed by atoms with Gasteiger partial charge in [0.05, 0.1) is 24.8 Å². The van der Waals surface area contributed by atoms with Gasteiger partial charge >= 0.3 is 0 Å². The number of aryl methyl sites for hydroxylation is 1. The van der Waals surface area contributed by atoms with Crippen LogP contribution < -0.4 is 4.74 Å². The number of rotatable bonds is 3. The highest BCUT2D eigenvalue weighted by Crippen LogP contribution is 2.28. The minimum Gasteiger partial charge on any atom is -0.496 e. The van der Waals surface area contributed by atoms with Crippen LogP contribution in [0.1, 0.15) is 11.1 Å². The number of hydrogen-bond donors (Lipinski definition) is 2. The third kappa shape index (κ3) is 2.02. The summed E-state index contributed by atoms with van der Waals surface area (Å²) in [5, 5.41) is 9.55. The Hall–Kier alpha value is -2.40. The zero-order valence-electron chi connectivity index (χ0n) is 11.3. The Kier molecular flexibility index (Phi) is 3.12. The summed E-state index contributed by atoms with van der Waals surface area (Å²) in [6.45, 7) is 1.88. The highest BCUT2D eigenvalue weighted by molar-refractivity contribution is 5.80. The first-order chi connectivity index (χ1) is 9.72. The number of fused-ring (bicyclic) bond motifs is 1. The maximum absolute atomic E-state index is 9.55. The first kappa shape index (κ1) is 12.6. The van der Waals surface area contributed by atoms with Gasteiger partial charge in [0.2, 0.25) is 0 Å². The molecule has 0 saturated heterocycles. The minimum atomic E-state index is -0.150. The highest BCUT2D eigenvalue weighted by Gasteiger charge is 2.14. The van der Waals surface area contributed by atoms with Crippen LogP contribution >= 0.6 is 0 Å². The number of nitrogens with one attached hydrogen (secondary N) is 1. The van der Waals surface area contributed by atoms with Crippen molar-refractivity contribution in [2.45, 2.75) is 13.5 Å². The first-order valence-electron chi connectivity index (χ1n) is 6.32. The third-order valence-corrected chi connectivity index (χ3v) is 3.25. The van der Waals surface area contributed by atoms with Crippen molar-refractivity contribution in [1.29, 1.82) is 0 Å². The Labute approximate surface area is 116 Å². The van der Waals surface area contributed by atoms with Gasteiger partial charge in [-0.1, -0.05) is 6.07 Å². The van der Waals surface area contributed by atoms with E-state index in [2.05, 4.69) is 15.0 Å². The molecular weight excluding hydrogens is 254 g/mol. The third-order valence-electron chi connectivity index (χ3n) is 3.25. The van der Waals surface area contributed by atoms with Gasteiger partial charge in [0.25, 0.3) is 0 Å². The van der Waals surface area contributed by atoms with E-state index in [1.54, 1.807) is 19.4 Å². The van der Waals surface area contributed by atoms with E-state index in [0.29, 0.717) is 22.8 Å². The van der Waals surface area contributed by atoms with Crippen molar-refractivity contribution in [2.24, 2.45) is 0 Å². The normalized spacial score (nSPS) is 10.9. The maximum Gasteiger partial charge on any atom is 0.157 e. The number of aromatic amines is 1. The molecule has 102 valence electrons. The summed E-state index contributed by atoms with van der Waals surface area (Å²) < 4.78 is 5.25. The second-order valence-electron chi connectivity index (χ2n) is 4.60. The van der Waals surface area contributed by atoms with Crippen molar-refractivity contribution >= 4 is 11.0 Å². The van der Waals surface area contributed by atoms with Gasteiger partial charge in [-0.05, 0) is 30.7 Å². The van der Waals surface area contributed by atoms with Crippen LogP contribution in [0.2, 0.25) is 0 Å². The summed E-state index contributed by atoms with van der Waals surface area (Å²) >= 11 is 0. The highest BCUT2D eigenvalue weighted by atomic mass is 16.5. The largest absolute Gasteiger partial charge is 0.496 e. The maximum atomic E-state index is 9.55. The molecule has 2 N–H and O–H groups in total. The van der Waals surface area contributed by atoms with Gasteiger partial charge in [-0.15, -0.1) is 0 Å². The van der Waals surface area contributed by atoms with Gasteiger partial charge < -0.3 is 14.8 Å². The quantitative estimate of drug-likeness (QED) is 0.766. The second kappa shape index (κ2) is 4.94. The number of aliphatic hydroxyl groups excluding tert-OH is 1. The summed E-state index contributed by atoms with van der Waals surface area (Å²) in [6.07, 6.45) is 1.64. The zero-order valence-corrected chi connectivity index (χ0v) is 11.3. The fraction of sp³-hybridized carbons (Fsp3) is 0.200. The number of methoxy groups -OCH3 is 1. The monoisotopic (exact) mass is 269 g/mol. The predicted molar refractivity (Wildman–Crippen MR) is 76.5 cm³/mol. The van der Waals surface area contributed by atoms with E-state index in [9.17, 15) is 5.11 Å². The fourth-order valence-corrected chi connectivity index (χ4v) is 2.26. The number of aromatic nitrogens is 3. The van der Waals surface area contributed by atoms with Crippen molar-refractivity contribution in [3.63, 3.8) is 0 Å². The molecule has 2 aromatic heterocycles. The lowest BCUT2D eigenvalue weighted by Gasteiger charge is -2.08. The average molecular weight is 269 g/mol. The number of pyridine rings is 1. The molecule has 5 heteroatoms. The van der Waals surface area contributed by atoms with E-state index >= 15 is 0 Å². The summed E-state index contributed by atoms with van der Waals surface area (Å²) in [4.78, 5) is 12.1. The predicted octanol–water partition coefficient (Wildman–Crippen LogP) is 2.43. The van der Waals surface area contributed by atoms with E-state index in [4.69, 9.17) is 4.74 Å². The molecule has 2 heterocycles. The molecule has 20 heavy (non-hydrogen) atoms.